The van der Waals surface area contributed by atoms with Crippen molar-refractivity contribution in [3.05, 3.63) is 154 Å². The molecule has 0 aliphatic rings. The van der Waals surface area contributed by atoms with Crippen LogP contribution >= 0.6 is 34.8 Å². The Morgan fingerprint density at radius 1 is 0.568 bits per heavy atom. The molecular formula is C55H63Cl3N2O14. The fraction of sp³-hybridized carbons (Fsp3) is 0.345. The van der Waals surface area contributed by atoms with E-state index < -0.39 is 53.3 Å². The highest BCUT2D eigenvalue weighted by molar-refractivity contribution is 6.80. The van der Waals surface area contributed by atoms with Gasteiger partial charge in [-0.2, -0.15) is 0 Å². The highest BCUT2D eigenvalue weighted by Gasteiger charge is 2.26. The van der Waals surface area contributed by atoms with E-state index in [9.17, 15) is 39.0 Å². The average molecular weight is 1080 g/mol. The molecular weight excluding hydrogens is 1020 g/mol. The van der Waals surface area contributed by atoms with Gasteiger partial charge in [0.1, 0.15) is 6.61 Å². The molecule has 4 atom stereocenters. The van der Waals surface area contributed by atoms with E-state index >= 15 is 0 Å². The van der Waals surface area contributed by atoms with Crippen LogP contribution < -0.4 is 11.1 Å². The minimum Gasteiger partial charge on any atom is -0.479 e. The van der Waals surface area contributed by atoms with Crippen molar-refractivity contribution in [1.82, 2.24) is 5.32 Å². The summed E-state index contributed by atoms with van der Waals surface area (Å²) in [6, 6.07) is 38.7. The number of hydrogen-bond acceptors (Lipinski definition) is 14. The molecule has 0 radical (unpaired) electrons. The molecule has 0 spiro atoms. The number of hydrogen-bond donors (Lipinski definition) is 5. The number of aliphatic hydroxyl groups excluding tert-OH is 2. The maximum absolute atomic E-state index is 12.2. The van der Waals surface area contributed by atoms with Crippen LogP contribution in [0.15, 0.2) is 127 Å². The van der Waals surface area contributed by atoms with Crippen molar-refractivity contribution in [3.63, 3.8) is 0 Å². The highest BCUT2D eigenvalue weighted by Crippen LogP contribution is 2.25. The summed E-state index contributed by atoms with van der Waals surface area (Å²) in [6.45, 7) is 6.13. The number of carbonyl (C=O) groups is 6. The number of rotatable bonds is 26. The van der Waals surface area contributed by atoms with Gasteiger partial charge in [-0.25, -0.2) is 19.2 Å². The SMILES string of the molecule is CCOCCCOC(=O)C(=O)Cl.CCOCCCOC(=O)C(=O)N[C@H](Cc1ccc(-c2cccc(Cl)c2)cc1)C[C@@H](O)C(=O)O.N[C@H](Cc1ccc(-c2cccc(Cl)c2)cc1)C[C@@H](O)C(=O)OCc1ccccc1. The number of ether oxygens (including phenoxy) is 5. The first-order valence-electron chi connectivity index (χ1n) is 23.7. The number of carbonyl (C=O) groups excluding carboxylic acids is 5. The summed E-state index contributed by atoms with van der Waals surface area (Å²) in [7, 11) is 0. The lowest BCUT2D eigenvalue weighted by molar-refractivity contribution is -0.156. The zero-order valence-corrected chi connectivity index (χ0v) is 43.4. The Kier molecular flexibility index (Phi) is 29.4. The van der Waals surface area contributed by atoms with Gasteiger partial charge in [-0.3, -0.25) is 9.59 Å². The molecule has 74 heavy (non-hydrogen) atoms. The van der Waals surface area contributed by atoms with Gasteiger partial charge in [0, 0.05) is 67.8 Å². The Morgan fingerprint density at radius 3 is 1.54 bits per heavy atom. The number of nitrogens with one attached hydrogen (secondary N) is 1. The minimum absolute atomic E-state index is 0.0274. The average Bonchev–Trinajstić information content (AvgIpc) is 3.38. The molecule has 0 fully saturated rings. The minimum atomic E-state index is -1.69. The highest BCUT2D eigenvalue weighted by atomic mass is 35.5. The quantitative estimate of drug-likeness (QED) is 0.0116. The van der Waals surface area contributed by atoms with Crippen molar-refractivity contribution < 1.29 is 67.8 Å². The third-order valence-electron chi connectivity index (χ3n) is 10.4. The molecule has 0 aromatic heterocycles. The van der Waals surface area contributed by atoms with Gasteiger partial charge in [0.25, 0.3) is 0 Å². The van der Waals surface area contributed by atoms with E-state index in [1.54, 1.807) is 6.07 Å². The fourth-order valence-corrected chi connectivity index (χ4v) is 7.19. The third kappa shape index (κ3) is 25.1. The number of carboxylic acid groups (broad SMARTS) is 1. The van der Waals surface area contributed by atoms with Crippen LogP contribution in [0.1, 0.15) is 56.2 Å². The molecule has 0 bridgehead atoms. The number of aliphatic carboxylic acids is 1. The Labute approximate surface area is 446 Å². The van der Waals surface area contributed by atoms with E-state index in [1.807, 2.05) is 135 Å². The predicted molar refractivity (Wildman–Crippen MR) is 281 cm³/mol. The molecule has 5 aromatic rings. The zero-order valence-electron chi connectivity index (χ0n) is 41.2. The summed E-state index contributed by atoms with van der Waals surface area (Å²) in [6.07, 6.45) is -1.26. The van der Waals surface area contributed by atoms with Crippen molar-refractivity contribution in [1.29, 1.82) is 0 Å². The number of halogens is 3. The van der Waals surface area contributed by atoms with Gasteiger partial charge < -0.3 is 50.1 Å². The summed E-state index contributed by atoms with van der Waals surface area (Å²) >= 11 is 16.9. The lowest BCUT2D eigenvalue weighted by Crippen LogP contribution is -2.44. The molecule has 0 aliphatic heterocycles. The molecule has 6 N–H and O–H groups in total. The normalized spacial score (nSPS) is 12.2. The van der Waals surface area contributed by atoms with E-state index in [0.717, 1.165) is 38.9 Å². The molecule has 5 rings (SSSR count). The standard InChI is InChI=1S/C24H28ClNO7.C24H24ClNO3.C7H11ClO4/c1-2-32-11-4-12-33-24(31)22(28)26-20(15-21(27)23(29)30)13-16-7-9-17(10-8-16)18-5-3-6-19(25)14-18;25-21-8-4-7-20(14-21)19-11-9-17(10-12-19)13-22(26)15-23(27)24(28)29-16-18-5-2-1-3-6-18;1-2-11-4-3-5-12-7(10)6(8)9/h3,5-10,14,20-21,27H,2,4,11-13,15H2,1H3,(H,26,28)(H,29,30);1-12,14,22-23,27H,13,15-16,26H2;2-5H2,1H3/t20-,21-;22-,23-;/m11./s1. The topological polar surface area (TPSA) is 247 Å². The molecule has 0 saturated heterocycles. The summed E-state index contributed by atoms with van der Waals surface area (Å²) < 4.78 is 24.6. The van der Waals surface area contributed by atoms with E-state index in [2.05, 4.69) is 10.1 Å². The number of benzene rings is 5. The fourth-order valence-electron chi connectivity index (χ4n) is 6.75. The Bertz CT molecular complexity index is 2500. The number of aliphatic hydroxyl groups is 2. The van der Waals surface area contributed by atoms with E-state index in [1.165, 1.54) is 0 Å². The first-order valence-corrected chi connectivity index (χ1v) is 24.9. The summed E-state index contributed by atoms with van der Waals surface area (Å²) in [4.78, 5) is 67.8. The van der Waals surface area contributed by atoms with Crippen LogP contribution in [0.4, 0.5) is 0 Å². The summed E-state index contributed by atoms with van der Waals surface area (Å²) in [5, 5.41) is 31.6. The maximum Gasteiger partial charge on any atom is 0.396 e. The molecule has 5 aromatic carbocycles. The second-order valence-electron chi connectivity index (χ2n) is 16.3. The largest absolute Gasteiger partial charge is 0.479 e. The van der Waals surface area contributed by atoms with Gasteiger partial charge in [-0.15, -0.1) is 0 Å². The van der Waals surface area contributed by atoms with Crippen LogP contribution in [0, 0.1) is 0 Å². The lowest BCUT2D eigenvalue weighted by atomic mass is 9.98. The molecule has 398 valence electrons. The number of esters is 3. The second-order valence-corrected chi connectivity index (χ2v) is 17.6. The van der Waals surface area contributed by atoms with Crippen LogP contribution in [0.3, 0.4) is 0 Å². The number of carboxylic acids is 1. The van der Waals surface area contributed by atoms with Gasteiger partial charge in [0.05, 0.1) is 13.2 Å². The van der Waals surface area contributed by atoms with Crippen molar-refractivity contribution in [2.45, 2.75) is 83.3 Å². The van der Waals surface area contributed by atoms with Crippen LogP contribution in [0.2, 0.25) is 10.0 Å². The zero-order chi connectivity index (χ0) is 54.3. The van der Waals surface area contributed by atoms with E-state index in [0.29, 0.717) is 55.7 Å². The molecule has 16 nitrogen and oxygen atoms in total. The molecule has 0 saturated carbocycles. The maximum atomic E-state index is 12.2. The first-order chi connectivity index (χ1) is 35.5. The van der Waals surface area contributed by atoms with E-state index in [4.69, 9.17) is 64.6 Å². The monoisotopic (exact) mass is 1080 g/mol. The van der Waals surface area contributed by atoms with Crippen LogP contribution in [0.25, 0.3) is 22.3 Å². The predicted octanol–water partition coefficient (Wildman–Crippen LogP) is 7.93. The van der Waals surface area contributed by atoms with Crippen molar-refractivity contribution >= 4 is 69.8 Å². The van der Waals surface area contributed by atoms with Crippen LogP contribution in [-0.2, 0) is 71.9 Å². The Morgan fingerprint density at radius 2 is 1.07 bits per heavy atom. The number of amides is 1. The summed E-state index contributed by atoms with van der Waals surface area (Å²) in [5.74, 6) is -5.14. The third-order valence-corrected chi connectivity index (χ3v) is 11.1. The molecule has 19 heteroatoms. The lowest BCUT2D eigenvalue weighted by Gasteiger charge is -2.20. The molecule has 0 heterocycles. The first kappa shape index (κ1) is 62.1. The molecule has 0 unspecified atom stereocenters. The molecule has 1 amide bonds. The number of nitrogens with two attached hydrogens (primary N) is 1. The smallest absolute Gasteiger partial charge is 0.396 e. The van der Waals surface area contributed by atoms with Crippen LogP contribution in [0.5, 0.6) is 0 Å². The van der Waals surface area contributed by atoms with Gasteiger partial charge in [0.2, 0.25) is 0 Å². The Hall–Kier alpha value is -6.21. The van der Waals surface area contributed by atoms with Gasteiger partial charge in [0.15, 0.2) is 12.2 Å². The van der Waals surface area contributed by atoms with E-state index in [-0.39, 0.29) is 45.1 Å². The second kappa shape index (κ2) is 35.1. The Balaban J connectivity index is 0.000000322. The van der Waals surface area contributed by atoms with Crippen molar-refractivity contribution in [2.75, 3.05) is 39.6 Å². The van der Waals surface area contributed by atoms with Crippen molar-refractivity contribution in [3.8, 4) is 22.3 Å². The summed E-state index contributed by atoms with van der Waals surface area (Å²) in [5.41, 5.74) is 12.8. The molecule has 0 aliphatic carbocycles. The van der Waals surface area contributed by atoms with Gasteiger partial charge >= 0.3 is 35.0 Å². The van der Waals surface area contributed by atoms with Gasteiger partial charge in [-0.05, 0) is 108 Å². The van der Waals surface area contributed by atoms with Gasteiger partial charge in [-0.1, -0.05) is 126 Å². The van der Waals surface area contributed by atoms with Crippen LogP contribution in [-0.4, -0.2) is 114 Å². The van der Waals surface area contributed by atoms with Crippen molar-refractivity contribution in [2.24, 2.45) is 5.73 Å².